The van der Waals surface area contributed by atoms with Crippen molar-refractivity contribution in [2.75, 3.05) is 24.6 Å². The van der Waals surface area contributed by atoms with Gasteiger partial charge in [0.05, 0.1) is 18.4 Å². The number of aryl methyl sites for hydroxylation is 1. The van der Waals surface area contributed by atoms with E-state index in [1.165, 1.54) is 5.56 Å². The summed E-state index contributed by atoms with van der Waals surface area (Å²) in [5.74, 6) is 0.951. The van der Waals surface area contributed by atoms with Gasteiger partial charge >= 0.3 is 0 Å². The van der Waals surface area contributed by atoms with Gasteiger partial charge in [0.2, 0.25) is 0 Å². The monoisotopic (exact) mass is 264 g/mol. The van der Waals surface area contributed by atoms with Gasteiger partial charge in [-0.05, 0) is 25.3 Å². The first-order valence-electron chi connectivity index (χ1n) is 7.15. The van der Waals surface area contributed by atoms with Gasteiger partial charge in [-0.25, -0.2) is 0 Å². The smallest absolute Gasteiger partial charge is 0.156 e. The Morgan fingerprint density at radius 2 is 2.05 bits per heavy atom. The quantitative estimate of drug-likeness (QED) is 0.887. The summed E-state index contributed by atoms with van der Waals surface area (Å²) in [6, 6.07) is 0. The predicted molar refractivity (Wildman–Crippen MR) is 76.3 cm³/mol. The molecule has 106 valence electrons. The van der Waals surface area contributed by atoms with Crippen LogP contribution in [0, 0.1) is 0 Å². The zero-order valence-electron chi connectivity index (χ0n) is 12.1. The van der Waals surface area contributed by atoms with Crippen LogP contribution in [-0.4, -0.2) is 36.0 Å². The number of nitrogens with zero attached hydrogens (tertiary/aromatic N) is 3. The predicted octanol–water partition coefficient (Wildman–Crippen LogP) is 1.29. The number of morpholine rings is 1. The Hall–Kier alpha value is -1.20. The lowest BCUT2D eigenvalue weighted by atomic mass is 10.0. The molecule has 0 aliphatic carbocycles. The van der Waals surface area contributed by atoms with E-state index in [4.69, 9.17) is 10.5 Å². The van der Waals surface area contributed by atoms with E-state index in [1.807, 2.05) is 0 Å². The maximum atomic E-state index is 5.97. The van der Waals surface area contributed by atoms with E-state index in [1.54, 1.807) is 0 Å². The van der Waals surface area contributed by atoms with Gasteiger partial charge in [-0.2, -0.15) is 5.10 Å². The van der Waals surface area contributed by atoms with E-state index in [9.17, 15) is 0 Å². The molecule has 1 aliphatic rings. The standard InChI is InChI=1S/C14H24N4O/c1-4-11-12(8-15)14(17-16-13(11)5-2)18-6-7-19-10(3)9-18/h10H,4-9,15H2,1-3H3. The number of ether oxygens (including phenoxy) is 1. The highest BCUT2D eigenvalue weighted by Crippen LogP contribution is 2.25. The number of rotatable bonds is 4. The summed E-state index contributed by atoms with van der Waals surface area (Å²) in [5.41, 5.74) is 9.47. The summed E-state index contributed by atoms with van der Waals surface area (Å²) in [5, 5.41) is 8.82. The molecule has 2 heterocycles. The highest BCUT2D eigenvalue weighted by atomic mass is 16.5. The van der Waals surface area contributed by atoms with Crippen molar-refractivity contribution in [3.63, 3.8) is 0 Å². The van der Waals surface area contributed by atoms with Crippen LogP contribution in [-0.2, 0) is 24.1 Å². The third-order valence-corrected chi connectivity index (χ3v) is 3.68. The third-order valence-electron chi connectivity index (χ3n) is 3.68. The van der Waals surface area contributed by atoms with Crippen LogP contribution in [0.15, 0.2) is 0 Å². The van der Waals surface area contributed by atoms with E-state index in [2.05, 4.69) is 35.9 Å². The van der Waals surface area contributed by atoms with Crippen molar-refractivity contribution in [3.05, 3.63) is 16.8 Å². The Morgan fingerprint density at radius 3 is 2.63 bits per heavy atom. The van der Waals surface area contributed by atoms with Gasteiger partial charge < -0.3 is 15.4 Å². The van der Waals surface area contributed by atoms with Crippen LogP contribution >= 0.6 is 0 Å². The Labute approximate surface area is 115 Å². The van der Waals surface area contributed by atoms with Gasteiger partial charge in [-0.15, -0.1) is 5.10 Å². The first-order chi connectivity index (χ1) is 9.21. The molecule has 0 saturated carbocycles. The summed E-state index contributed by atoms with van der Waals surface area (Å²) >= 11 is 0. The summed E-state index contributed by atoms with van der Waals surface area (Å²) in [6.07, 6.45) is 2.10. The number of hydrogen-bond donors (Lipinski definition) is 1. The molecule has 0 aromatic carbocycles. The third kappa shape index (κ3) is 2.87. The van der Waals surface area contributed by atoms with Crippen molar-refractivity contribution < 1.29 is 4.74 Å². The van der Waals surface area contributed by atoms with Gasteiger partial charge in [0, 0.05) is 25.2 Å². The largest absolute Gasteiger partial charge is 0.375 e. The van der Waals surface area contributed by atoms with Crippen LogP contribution in [0.1, 0.15) is 37.6 Å². The molecule has 0 radical (unpaired) electrons. The van der Waals surface area contributed by atoms with E-state index in [0.29, 0.717) is 6.54 Å². The summed E-state index contributed by atoms with van der Waals surface area (Å²) < 4.78 is 5.58. The Morgan fingerprint density at radius 1 is 1.26 bits per heavy atom. The molecule has 0 bridgehead atoms. The molecule has 1 atom stereocenters. The highest BCUT2D eigenvalue weighted by molar-refractivity contribution is 5.51. The van der Waals surface area contributed by atoms with Crippen molar-refractivity contribution in [1.29, 1.82) is 0 Å². The molecule has 5 heteroatoms. The molecule has 2 rings (SSSR count). The molecule has 1 aromatic rings. The first-order valence-corrected chi connectivity index (χ1v) is 7.15. The number of anilines is 1. The van der Waals surface area contributed by atoms with Crippen molar-refractivity contribution >= 4 is 5.82 Å². The minimum Gasteiger partial charge on any atom is -0.375 e. The zero-order valence-corrected chi connectivity index (χ0v) is 12.1. The maximum absolute atomic E-state index is 5.97. The van der Waals surface area contributed by atoms with E-state index in [0.717, 1.165) is 49.6 Å². The topological polar surface area (TPSA) is 64.3 Å². The molecule has 1 aromatic heterocycles. The lowest BCUT2D eigenvalue weighted by molar-refractivity contribution is 0.0528. The lowest BCUT2D eigenvalue weighted by Crippen LogP contribution is -2.42. The van der Waals surface area contributed by atoms with Gasteiger partial charge in [-0.3, -0.25) is 0 Å². The second-order valence-corrected chi connectivity index (χ2v) is 4.97. The highest BCUT2D eigenvalue weighted by Gasteiger charge is 2.22. The maximum Gasteiger partial charge on any atom is 0.156 e. The molecule has 0 spiro atoms. The van der Waals surface area contributed by atoms with E-state index >= 15 is 0 Å². The zero-order chi connectivity index (χ0) is 13.8. The van der Waals surface area contributed by atoms with Crippen molar-refractivity contribution in [2.45, 2.75) is 46.3 Å². The SMILES string of the molecule is CCc1nnc(N2CCOC(C)C2)c(CN)c1CC. The fraction of sp³-hybridized carbons (Fsp3) is 0.714. The van der Waals surface area contributed by atoms with Gasteiger partial charge in [-0.1, -0.05) is 13.8 Å². The Kier molecular flexibility index (Phi) is 4.71. The fourth-order valence-corrected chi connectivity index (χ4v) is 2.72. The molecular weight excluding hydrogens is 240 g/mol. The first kappa shape index (κ1) is 14.2. The van der Waals surface area contributed by atoms with Crippen LogP contribution < -0.4 is 10.6 Å². The Balaban J connectivity index is 2.39. The molecule has 2 N–H and O–H groups in total. The van der Waals surface area contributed by atoms with Crippen molar-refractivity contribution in [2.24, 2.45) is 5.73 Å². The Bertz CT molecular complexity index is 436. The lowest BCUT2D eigenvalue weighted by Gasteiger charge is -2.33. The number of aromatic nitrogens is 2. The molecule has 19 heavy (non-hydrogen) atoms. The van der Waals surface area contributed by atoms with Crippen LogP contribution in [0.2, 0.25) is 0 Å². The molecule has 5 nitrogen and oxygen atoms in total. The average molecular weight is 264 g/mol. The summed E-state index contributed by atoms with van der Waals surface area (Å²) in [4.78, 5) is 2.25. The second-order valence-electron chi connectivity index (χ2n) is 4.97. The van der Waals surface area contributed by atoms with Crippen LogP contribution in [0.25, 0.3) is 0 Å². The van der Waals surface area contributed by atoms with Gasteiger partial charge in [0.15, 0.2) is 5.82 Å². The molecule has 1 unspecified atom stereocenters. The van der Waals surface area contributed by atoms with Crippen molar-refractivity contribution in [3.8, 4) is 0 Å². The molecule has 0 amide bonds. The molecular formula is C14H24N4O. The van der Waals surface area contributed by atoms with Crippen LogP contribution in [0.3, 0.4) is 0 Å². The summed E-state index contributed by atoms with van der Waals surface area (Å²) in [6.45, 7) is 9.33. The molecule has 1 aliphatic heterocycles. The van der Waals surface area contributed by atoms with E-state index in [-0.39, 0.29) is 6.10 Å². The van der Waals surface area contributed by atoms with Crippen LogP contribution in [0.4, 0.5) is 5.82 Å². The summed E-state index contributed by atoms with van der Waals surface area (Å²) in [7, 11) is 0. The van der Waals surface area contributed by atoms with Crippen molar-refractivity contribution in [1.82, 2.24) is 10.2 Å². The second kappa shape index (κ2) is 6.30. The van der Waals surface area contributed by atoms with Gasteiger partial charge in [0.25, 0.3) is 0 Å². The normalized spacial score (nSPS) is 19.8. The minimum absolute atomic E-state index is 0.233. The average Bonchev–Trinajstić information content (AvgIpc) is 2.45. The van der Waals surface area contributed by atoms with Gasteiger partial charge in [0.1, 0.15) is 0 Å². The number of hydrogen-bond acceptors (Lipinski definition) is 5. The molecule has 1 saturated heterocycles. The number of nitrogens with two attached hydrogens (primary N) is 1. The molecule has 1 fully saturated rings. The minimum atomic E-state index is 0.233. The fourth-order valence-electron chi connectivity index (χ4n) is 2.72. The van der Waals surface area contributed by atoms with Crippen LogP contribution in [0.5, 0.6) is 0 Å². The van der Waals surface area contributed by atoms with E-state index < -0.39 is 0 Å².